The largest absolute Gasteiger partial charge is 0.497 e. The van der Waals surface area contributed by atoms with Crippen LogP contribution in [-0.2, 0) is 20.7 Å². The summed E-state index contributed by atoms with van der Waals surface area (Å²) in [6, 6.07) is 17.1. The van der Waals surface area contributed by atoms with E-state index in [2.05, 4.69) is 15.6 Å². The molecule has 2 aliphatic rings. The van der Waals surface area contributed by atoms with Crippen LogP contribution in [0.1, 0.15) is 5.56 Å². The summed E-state index contributed by atoms with van der Waals surface area (Å²) in [7, 11) is 3.30. The molecule has 2 aromatic carbocycles. The van der Waals surface area contributed by atoms with Crippen molar-refractivity contribution < 1.29 is 19.1 Å². The number of nitrogens with zero attached hydrogens (tertiary/aromatic N) is 2. The summed E-state index contributed by atoms with van der Waals surface area (Å²) >= 11 is 0. The highest BCUT2D eigenvalue weighted by Crippen LogP contribution is 2.31. The van der Waals surface area contributed by atoms with Crippen molar-refractivity contribution in [2.24, 2.45) is 11.8 Å². The van der Waals surface area contributed by atoms with Crippen LogP contribution in [0.15, 0.2) is 54.6 Å². The molecule has 8 nitrogen and oxygen atoms in total. The van der Waals surface area contributed by atoms with Crippen molar-refractivity contribution in [1.82, 2.24) is 15.6 Å². The Labute approximate surface area is 194 Å². The van der Waals surface area contributed by atoms with Crippen LogP contribution in [0, 0.1) is 11.8 Å². The second-order valence-electron chi connectivity index (χ2n) is 8.52. The number of carbonyl (C=O) groups excluding carboxylic acids is 2. The smallest absolute Gasteiger partial charge is 0.247 e. The molecule has 3 atom stereocenters. The van der Waals surface area contributed by atoms with E-state index >= 15 is 0 Å². The lowest BCUT2D eigenvalue weighted by Gasteiger charge is -2.38. The summed E-state index contributed by atoms with van der Waals surface area (Å²) in [6.45, 7) is 2.96. The minimum atomic E-state index is -0.344. The number of benzene rings is 2. The highest BCUT2D eigenvalue weighted by molar-refractivity contribution is 5.98. The van der Waals surface area contributed by atoms with Crippen molar-refractivity contribution in [2.75, 3.05) is 52.0 Å². The van der Waals surface area contributed by atoms with Crippen molar-refractivity contribution in [3.8, 4) is 5.75 Å². The van der Waals surface area contributed by atoms with Gasteiger partial charge in [-0.05, 0) is 36.2 Å². The van der Waals surface area contributed by atoms with E-state index < -0.39 is 0 Å². The summed E-state index contributed by atoms with van der Waals surface area (Å²) in [4.78, 5) is 28.7. The van der Waals surface area contributed by atoms with E-state index in [1.165, 1.54) is 0 Å². The lowest BCUT2D eigenvalue weighted by Crippen LogP contribution is -2.57. The number of rotatable bonds is 9. The Morgan fingerprint density at radius 1 is 1.12 bits per heavy atom. The topological polar surface area (TPSA) is 83.1 Å². The number of amides is 2. The van der Waals surface area contributed by atoms with Crippen LogP contribution in [0.3, 0.4) is 0 Å². The van der Waals surface area contributed by atoms with Crippen LogP contribution in [0.2, 0.25) is 0 Å². The number of ether oxygens (including phenoxy) is 2. The van der Waals surface area contributed by atoms with Crippen molar-refractivity contribution in [3.63, 3.8) is 0 Å². The van der Waals surface area contributed by atoms with Gasteiger partial charge in [-0.1, -0.05) is 30.3 Å². The minimum Gasteiger partial charge on any atom is -0.497 e. The molecule has 176 valence electrons. The fraction of sp³-hybridized carbons (Fsp3) is 0.440. The third-order valence-electron chi connectivity index (χ3n) is 6.40. The molecule has 0 radical (unpaired) electrons. The van der Waals surface area contributed by atoms with Crippen molar-refractivity contribution in [2.45, 2.75) is 12.5 Å². The van der Waals surface area contributed by atoms with E-state index in [4.69, 9.17) is 9.47 Å². The molecule has 0 bridgehead atoms. The molecule has 8 heteroatoms. The van der Waals surface area contributed by atoms with Gasteiger partial charge in [0.05, 0.1) is 37.3 Å². The predicted octanol–water partition coefficient (Wildman–Crippen LogP) is 1.47. The fourth-order valence-corrected chi connectivity index (χ4v) is 4.65. The van der Waals surface area contributed by atoms with Crippen LogP contribution in [0.5, 0.6) is 5.75 Å². The summed E-state index contributed by atoms with van der Waals surface area (Å²) < 4.78 is 10.5. The highest BCUT2D eigenvalue weighted by Gasteiger charge is 2.50. The van der Waals surface area contributed by atoms with E-state index in [9.17, 15) is 9.59 Å². The predicted molar refractivity (Wildman–Crippen MR) is 126 cm³/mol. The second kappa shape index (κ2) is 10.8. The van der Waals surface area contributed by atoms with Crippen molar-refractivity contribution >= 4 is 17.5 Å². The van der Waals surface area contributed by atoms with Gasteiger partial charge >= 0.3 is 0 Å². The maximum atomic E-state index is 13.3. The monoisotopic (exact) mass is 452 g/mol. The molecule has 2 heterocycles. The van der Waals surface area contributed by atoms with Gasteiger partial charge in [0.15, 0.2) is 0 Å². The summed E-state index contributed by atoms with van der Waals surface area (Å²) in [5, 5.41) is 4.69. The molecule has 2 aromatic rings. The number of hydrazine groups is 1. The Morgan fingerprint density at radius 2 is 1.94 bits per heavy atom. The molecule has 2 saturated heterocycles. The molecule has 0 aromatic heterocycles. The number of carbonyl (C=O) groups is 2. The SMILES string of the molecule is COCCN1CC(C(=O)NCCc2cccc(OC)c2)C2NN(c3ccccc3)C(=O)C2C1. The van der Waals surface area contributed by atoms with Gasteiger partial charge in [-0.15, -0.1) is 0 Å². The molecule has 4 rings (SSSR count). The van der Waals surface area contributed by atoms with Gasteiger partial charge in [-0.2, -0.15) is 0 Å². The van der Waals surface area contributed by atoms with Gasteiger partial charge < -0.3 is 14.8 Å². The Balaban J connectivity index is 1.44. The lowest BCUT2D eigenvalue weighted by atomic mass is 9.84. The first-order valence-corrected chi connectivity index (χ1v) is 11.4. The Hall–Kier alpha value is -2.94. The van der Waals surface area contributed by atoms with Gasteiger partial charge in [0, 0.05) is 33.3 Å². The molecule has 2 fully saturated rings. The number of methoxy groups -OCH3 is 2. The minimum absolute atomic E-state index is 0.00231. The Morgan fingerprint density at radius 3 is 2.70 bits per heavy atom. The number of fused-ring (bicyclic) bond motifs is 1. The quantitative estimate of drug-likeness (QED) is 0.600. The van der Waals surface area contributed by atoms with Gasteiger partial charge in [0.1, 0.15) is 5.75 Å². The van der Waals surface area contributed by atoms with Crippen LogP contribution < -0.4 is 20.5 Å². The third-order valence-corrected chi connectivity index (χ3v) is 6.40. The first-order chi connectivity index (χ1) is 16.1. The molecular weight excluding hydrogens is 420 g/mol. The van der Waals surface area contributed by atoms with Crippen molar-refractivity contribution in [1.29, 1.82) is 0 Å². The maximum Gasteiger partial charge on any atom is 0.247 e. The van der Waals surface area contributed by atoms with Gasteiger partial charge in [-0.3, -0.25) is 14.5 Å². The standard InChI is InChI=1S/C25H32N4O4/c1-32-14-13-28-16-21(24(30)26-12-11-18-7-6-10-20(15-18)33-2)23-22(17-28)25(31)29(27-23)19-8-4-3-5-9-19/h3-10,15,21-23,27H,11-14,16-17H2,1-2H3,(H,26,30). The summed E-state index contributed by atoms with van der Waals surface area (Å²) in [6.07, 6.45) is 0.708. The number of anilines is 1. The molecule has 3 unspecified atom stereocenters. The average Bonchev–Trinajstić information content (AvgIpc) is 3.19. The van der Waals surface area contributed by atoms with E-state index in [0.717, 1.165) is 17.0 Å². The normalized spacial score (nSPS) is 22.8. The zero-order valence-corrected chi connectivity index (χ0v) is 19.2. The number of para-hydroxylation sites is 1. The Bertz CT molecular complexity index is 954. The highest BCUT2D eigenvalue weighted by atomic mass is 16.5. The molecule has 0 saturated carbocycles. The molecule has 33 heavy (non-hydrogen) atoms. The van der Waals surface area contributed by atoms with Gasteiger partial charge in [-0.25, -0.2) is 10.4 Å². The third kappa shape index (κ3) is 5.35. The number of nitrogens with one attached hydrogen (secondary N) is 2. The Kier molecular flexibility index (Phi) is 7.59. The molecule has 0 spiro atoms. The van der Waals surface area contributed by atoms with E-state index in [-0.39, 0.29) is 29.7 Å². The zero-order chi connectivity index (χ0) is 23.2. The number of hydrogen-bond acceptors (Lipinski definition) is 6. The fourth-order valence-electron chi connectivity index (χ4n) is 4.65. The summed E-state index contributed by atoms with van der Waals surface area (Å²) in [5.41, 5.74) is 5.23. The molecular formula is C25H32N4O4. The van der Waals surface area contributed by atoms with Crippen LogP contribution in [0.25, 0.3) is 0 Å². The number of likely N-dealkylation sites (tertiary alicyclic amines) is 1. The molecule has 0 aliphatic carbocycles. The van der Waals surface area contributed by atoms with E-state index in [0.29, 0.717) is 39.2 Å². The number of hydrogen-bond donors (Lipinski definition) is 2. The van der Waals surface area contributed by atoms with Crippen molar-refractivity contribution in [3.05, 3.63) is 60.2 Å². The molecule has 2 aliphatic heterocycles. The maximum absolute atomic E-state index is 13.3. The lowest BCUT2D eigenvalue weighted by molar-refractivity contribution is -0.130. The molecule has 2 N–H and O–H groups in total. The summed E-state index contributed by atoms with van der Waals surface area (Å²) in [5.74, 6) is 0.138. The first-order valence-electron chi connectivity index (χ1n) is 11.4. The van der Waals surface area contributed by atoms with Crippen LogP contribution >= 0.6 is 0 Å². The average molecular weight is 453 g/mol. The van der Waals surface area contributed by atoms with E-state index in [1.807, 2.05) is 54.6 Å². The molecule has 2 amide bonds. The first kappa shape index (κ1) is 23.2. The second-order valence-corrected chi connectivity index (χ2v) is 8.52. The number of piperidine rings is 1. The van der Waals surface area contributed by atoms with Gasteiger partial charge in [0.2, 0.25) is 11.8 Å². The van der Waals surface area contributed by atoms with Crippen LogP contribution in [-0.4, -0.2) is 69.8 Å². The van der Waals surface area contributed by atoms with Crippen LogP contribution in [0.4, 0.5) is 5.69 Å². The van der Waals surface area contributed by atoms with Gasteiger partial charge in [0.25, 0.3) is 0 Å². The van der Waals surface area contributed by atoms with E-state index in [1.54, 1.807) is 19.2 Å². The zero-order valence-electron chi connectivity index (χ0n) is 19.2.